The summed E-state index contributed by atoms with van der Waals surface area (Å²) in [5, 5.41) is 0. The fourth-order valence-electron chi connectivity index (χ4n) is 1.58. The Balaban J connectivity index is 1.98. The molecule has 17 heavy (non-hydrogen) atoms. The minimum absolute atomic E-state index is 1.22. The topological polar surface area (TPSA) is 0 Å². The molecule has 2 aromatic rings. The summed E-state index contributed by atoms with van der Waals surface area (Å²) in [6.07, 6.45) is 8.34. The van der Waals surface area contributed by atoms with Crippen molar-refractivity contribution in [2.24, 2.45) is 0 Å². The standard InChI is InChI=1S/C17H16/c1-15-11-13-17(14-12-15)10-6-5-9-16-7-3-2-4-8-16/h2-14H,1H3/b9-5-,10-6+. The molecule has 0 nitrogen and oxygen atoms in total. The zero-order valence-electron chi connectivity index (χ0n) is 10.0. The highest BCUT2D eigenvalue weighted by Gasteiger charge is 1.85. The van der Waals surface area contributed by atoms with Crippen LogP contribution in [-0.2, 0) is 0 Å². The van der Waals surface area contributed by atoms with Crippen LogP contribution in [0.2, 0.25) is 0 Å². The van der Waals surface area contributed by atoms with E-state index in [1.54, 1.807) is 0 Å². The number of hydrogen-bond donors (Lipinski definition) is 0. The molecule has 0 heteroatoms. The predicted molar refractivity (Wildman–Crippen MR) is 75.7 cm³/mol. The molecule has 0 amide bonds. The van der Waals surface area contributed by atoms with Gasteiger partial charge in [0.05, 0.1) is 0 Å². The first-order valence-electron chi connectivity index (χ1n) is 5.81. The SMILES string of the molecule is Cc1ccc(/C=C/C=C\c2ccccc2)cc1. The van der Waals surface area contributed by atoms with Gasteiger partial charge in [-0.25, -0.2) is 0 Å². The smallest absolute Gasteiger partial charge is 0.0256 e. The average molecular weight is 220 g/mol. The fraction of sp³-hybridized carbons (Fsp3) is 0.0588. The van der Waals surface area contributed by atoms with Gasteiger partial charge in [-0.3, -0.25) is 0 Å². The van der Waals surface area contributed by atoms with Crippen molar-refractivity contribution < 1.29 is 0 Å². The van der Waals surface area contributed by atoms with Crippen LogP contribution in [0.4, 0.5) is 0 Å². The van der Waals surface area contributed by atoms with Crippen molar-refractivity contribution in [1.82, 2.24) is 0 Å². The van der Waals surface area contributed by atoms with Gasteiger partial charge >= 0.3 is 0 Å². The van der Waals surface area contributed by atoms with Crippen molar-refractivity contribution in [3.63, 3.8) is 0 Å². The molecule has 0 N–H and O–H groups in total. The van der Waals surface area contributed by atoms with Crippen LogP contribution in [0.5, 0.6) is 0 Å². The molecule has 0 aliphatic rings. The maximum absolute atomic E-state index is 2.13. The average Bonchev–Trinajstić information content (AvgIpc) is 2.38. The molecule has 0 radical (unpaired) electrons. The van der Waals surface area contributed by atoms with Crippen LogP contribution in [-0.4, -0.2) is 0 Å². The lowest BCUT2D eigenvalue weighted by Crippen LogP contribution is -1.72. The largest absolute Gasteiger partial charge is 0.0622 e. The second kappa shape index (κ2) is 5.86. The van der Waals surface area contributed by atoms with Crippen molar-refractivity contribution in [3.8, 4) is 0 Å². The Labute approximate surface area is 103 Å². The summed E-state index contributed by atoms with van der Waals surface area (Å²) in [4.78, 5) is 0. The Bertz CT molecular complexity index is 501. The summed E-state index contributed by atoms with van der Waals surface area (Å²) in [6, 6.07) is 18.8. The van der Waals surface area contributed by atoms with E-state index >= 15 is 0 Å². The highest BCUT2D eigenvalue weighted by molar-refractivity contribution is 5.57. The zero-order valence-corrected chi connectivity index (χ0v) is 10.0. The van der Waals surface area contributed by atoms with E-state index in [1.807, 2.05) is 18.2 Å². The Morgan fingerprint density at radius 2 is 1.18 bits per heavy atom. The lowest BCUT2D eigenvalue weighted by Gasteiger charge is -1.93. The van der Waals surface area contributed by atoms with Crippen LogP contribution in [0.1, 0.15) is 16.7 Å². The Hall–Kier alpha value is -2.08. The number of rotatable bonds is 3. The van der Waals surface area contributed by atoms with Crippen molar-refractivity contribution in [1.29, 1.82) is 0 Å². The molecule has 0 atom stereocenters. The zero-order chi connectivity index (χ0) is 11.9. The number of aryl methyl sites for hydroxylation is 1. The number of allylic oxidation sites excluding steroid dienone is 2. The first kappa shape index (κ1) is 11.4. The lowest BCUT2D eigenvalue weighted by molar-refractivity contribution is 1.46. The second-order valence-electron chi connectivity index (χ2n) is 4.04. The van der Waals surface area contributed by atoms with Gasteiger partial charge in [-0.15, -0.1) is 0 Å². The summed E-state index contributed by atoms with van der Waals surface area (Å²) < 4.78 is 0. The van der Waals surface area contributed by atoms with Crippen molar-refractivity contribution in [3.05, 3.63) is 83.4 Å². The van der Waals surface area contributed by atoms with E-state index in [1.165, 1.54) is 16.7 Å². The first-order chi connectivity index (χ1) is 8.34. The summed E-state index contributed by atoms with van der Waals surface area (Å²) >= 11 is 0. The minimum Gasteiger partial charge on any atom is -0.0622 e. The summed E-state index contributed by atoms with van der Waals surface area (Å²) in [7, 11) is 0. The first-order valence-corrected chi connectivity index (χ1v) is 5.81. The third-order valence-electron chi connectivity index (χ3n) is 2.57. The van der Waals surface area contributed by atoms with Gasteiger partial charge in [0, 0.05) is 0 Å². The summed E-state index contributed by atoms with van der Waals surface area (Å²) in [5.41, 5.74) is 3.75. The third-order valence-corrected chi connectivity index (χ3v) is 2.57. The highest BCUT2D eigenvalue weighted by atomic mass is 13.9. The van der Waals surface area contributed by atoms with Crippen LogP contribution in [0.3, 0.4) is 0 Å². The van der Waals surface area contributed by atoms with Crippen molar-refractivity contribution in [2.75, 3.05) is 0 Å². The van der Waals surface area contributed by atoms with Gasteiger partial charge in [0.1, 0.15) is 0 Å². The normalized spacial score (nSPS) is 11.4. The maximum atomic E-state index is 2.13. The molecule has 0 aromatic heterocycles. The van der Waals surface area contributed by atoms with E-state index in [9.17, 15) is 0 Å². The molecular formula is C17H16. The van der Waals surface area contributed by atoms with E-state index in [0.29, 0.717) is 0 Å². The van der Waals surface area contributed by atoms with Crippen LogP contribution in [0.25, 0.3) is 12.2 Å². The van der Waals surface area contributed by atoms with Crippen LogP contribution >= 0.6 is 0 Å². The molecule has 0 heterocycles. The van der Waals surface area contributed by atoms with E-state index < -0.39 is 0 Å². The van der Waals surface area contributed by atoms with Crippen LogP contribution < -0.4 is 0 Å². The van der Waals surface area contributed by atoms with Gasteiger partial charge in [-0.2, -0.15) is 0 Å². The van der Waals surface area contributed by atoms with Gasteiger partial charge in [-0.1, -0.05) is 84.5 Å². The monoisotopic (exact) mass is 220 g/mol. The number of hydrogen-bond acceptors (Lipinski definition) is 0. The van der Waals surface area contributed by atoms with Crippen molar-refractivity contribution in [2.45, 2.75) is 6.92 Å². The minimum atomic E-state index is 1.22. The van der Waals surface area contributed by atoms with Gasteiger partial charge < -0.3 is 0 Å². The van der Waals surface area contributed by atoms with Gasteiger partial charge in [0.25, 0.3) is 0 Å². The van der Waals surface area contributed by atoms with Gasteiger partial charge in [-0.05, 0) is 18.1 Å². The Morgan fingerprint density at radius 1 is 0.647 bits per heavy atom. The molecule has 0 aliphatic carbocycles. The van der Waals surface area contributed by atoms with E-state index in [4.69, 9.17) is 0 Å². The summed E-state index contributed by atoms with van der Waals surface area (Å²) in [6.45, 7) is 2.10. The Kier molecular flexibility index (Phi) is 3.93. The lowest BCUT2D eigenvalue weighted by atomic mass is 10.1. The maximum Gasteiger partial charge on any atom is -0.0256 e. The predicted octanol–water partition coefficient (Wildman–Crippen LogP) is 4.72. The van der Waals surface area contributed by atoms with Crippen LogP contribution in [0.15, 0.2) is 66.7 Å². The molecule has 0 spiro atoms. The van der Waals surface area contributed by atoms with E-state index in [2.05, 4.69) is 67.6 Å². The Morgan fingerprint density at radius 3 is 1.76 bits per heavy atom. The molecule has 0 unspecified atom stereocenters. The highest BCUT2D eigenvalue weighted by Crippen LogP contribution is 2.06. The third kappa shape index (κ3) is 3.76. The quantitative estimate of drug-likeness (QED) is 0.656. The molecule has 0 aliphatic heterocycles. The molecule has 0 fully saturated rings. The van der Waals surface area contributed by atoms with E-state index in [0.717, 1.165) is 0 Å². The molecule has 84 valence electrons. The second-order valence-corrected chi connectivity index (χ2v) is 4.04. The molecule has 2 aromatic carbocycles. The molecule has 2 rings (SSSR count). The molecule has 0 saturated carbocycles. The van der Waals surface area contributed by atoms with Gasteiger partial charge in [0.2, 0.25) is 0 Å². The van der Waals surface area contributed by atoms with Crippen molar-refractivity contribution >= 4 is 12.2 Å². The molecule has 0 bridgehead atoms. The van der Waals surface area contributed by atoms with Gasteiger partial charge in [0.15, 0.2) is 0 Å². The summed E-state index contributed by atoms with van der Waals surface area (Å²) in [5.74, 6) is 0. The number of benzene rings is 2. The van der Waals surface area contributed by atoms with E-state index in [-0.39, 0.29) is 0 Å². The molecular weight excluding hydrogens is 204 g/mol. The fourth-order valence-corrected chi connectivity index (χ4v) is 1.58. The van der Waals surface area contributed by atoms with Crippen LogP contribution in [0, 0.1) is 6.92 Å². The molecule has 0 saturated heterocycles.